The summed E-state index contributed by atoms with van der Waals surface area (Å²) in [5.74, 6) is 0.560. The minimum atomic E-state index is -0.223. The van der Waals surface area contributed by atoms with E-state index in [1.54, 1.807) is 29.4 Å². The van der Waals surface area contributed by atoms with Crippen LogP contribution in [0.1, 0.15) is 34.3 Å². The lowest BCUT2D eigenvalue weighted by Gasteiger charge is -2.20. The Morgan fingerprint density at radius 2 is 1.82 bits per heavy atom. The summed E-state index contributed by atoms with van der Waals surface area (Å²) in [5.41, 5.74) is 2.65. The van der Waals surface area contributed by atoms with Crippen LogP contribution in [0.2, 0.25) is 0 Å². The van der Waals surface area contributed by atoms with Gasteiger partial charge in [-0.25, -0.2) is 0 Å². The van der Waals surface area contributed by atoms with Gasteiger partial charge in [-0.05, 0) is 43.0 Å². The Kier molecular flexibility index (Phi) is 6.13. The average Bonchev–Trinajstić information content (AvgIpc) is 3.23. The van der Waals surface area contributed by atoms with Gasteiger partial charge in [0, 0.05) is 31.5 Å². The van der Waals surface area contributed by atoms with E-state index in [1.165, 1.54) is 14.2 Å². The average molecular weight is 383 g/mol. The molecule has 2 amide bonds. The molecule has 0 bridgehead atoms. The lowest BCUT2D eigenvalue weighted by Crippen LogP contribution is -2.29. The first-order valence-corrected chi connectivity index (χ1v) is 9.28. The number of benzene rings is 1. The van der Waals surface area contributed by atoms with Crippen molar-refractivity contribution in [1.82, 2.24) is 9.88 Å². The summed E-state index contributed by atoms with van der Waals surface area (Å²) >= 11 is 0. The number of rotatable bonds is 6. The van der Waals surface area contributed by atoms with Crippen LogP contribution in [0.3, 0.4) is 0 Å². The molecular formula is C21H25N3O4. The molecule has 1 fully saturated rings. The summed E-state index contributed by atoms with van der Waals surface area (Å²) < 4.78 is 10.7. The number of carbonyl (C=O) groups excluding carboxylic acids is 2. The topological polar surface area (TPSA) is 80.8 Å². The van der Waals surface area contributed by atoms with Crippen molar-refractivity contribution in [2.24, 2.45) is 0 Å². The Hall–Kier alpha value is -3.09. The number of amides is 2. The fraction of sp³-hybridized carbons (Fsp3) is 0.381. The molecule has 1 aromatic heterocycles. The fourth-order valence-corrected chi connectivity index (χ4v) is 3.30. The van der Waals surface area contributed by atoms with E-state index >= 15 is 0 Å². The van der Waals surface area contributed by atoms with Crippen LogP contribution in [-0.2, 0) is 11.2 Å². The smallest absolute Gasteiger partial charge is 0.256 e. The normalized spacial score (nSPS) is 13.3. The number of nitrogens with one attached hydrogen (secondary N) is 1. The molecule has 2 aromatic rings. The van der Waals surface area contributed by atoms with Crippen molar-refractivity contribution in [2.75, 3.05) is 32.6 Å². The van der Waals surface area contributed by atoms with Crippen LogP contribution in [0, 0.1) is 6.92 Å². The summed E-state index contributed by atoms with van der Waals surface area (Å²) in [7, 11) is 3.04. The predicted octanol–water partition coefficient (Wildman–Crippen LogP) is 2.82. The van der Waals surface area contributed by atoms with E-state index in [0.717, 1.165) is 37.1 Å². The lowest BCUT2D eigenvalue weighted by atomic mass is 10.1. The second-order valence-corrected chi connectivity index (χ2v) is 6.78. The predicted molar refractivity (Wildman–Crippen MR) is 106 cm³/mol. The summed E-state index contributed by atoms with van der Waals surface area (Å²) in [4.78, 5) is 31.5. The van der Waals surface area contributed by atoms with Gasteiger partial charge in [0.15, 0.2) is 11.5 Å². The van der Waals surface area contributed by atoms with Crippen molar-refractivity contribution < 1.29 is 19.1 Å². The zero-order chi connectivity index (χ0) is 20.1. The highest BCUT2D eigenvalue weighted by atomic mass is 16.5. The van der Waals surface area contributed by atoms with Gasteiger partial charge in [-0.15, -0.1) is 0 Å². The van der Waals surface area contributed by atoms with Crippen molar-refractivity contribution in [2.45, 2.75) is 26.2 Å². The third-order valence-electron chi connectivity index (χ3n) is 4.92. The SMILES string of the molecule is COc1cc(NC(=O)Cc2cnccc2C)c(C(=O)N2CCCC2)cc1OC. The maximum Gasteiger partial charge on any atom is 0.256 e. The Balaban J connectivity index is 1.90. The Bertz CT molecular complexity index is 876. The number of hydrogen-bond acceptors (Lipinski definition) is 5. The van der Waals surface area contributed by atoms with Crippen LogP contribution in [0.5, 0.6) is 11.5 Å². The number of ether oxygens (including phenoxy) is 2. The van der Waals surface area contributed by atoms with E-state index < -0.39 is 0 Å². The maximum absolute atomic E-state index is 13.0. The molecular weight excluding hydrogens is 358 g/mol. The number of likely N-dealkylation sites (tertiary alicyclic amines) is 1. The number of nitrogens with zero attached hydrogens (tertiary/aromatic N) is 2. The third kappa shape index (κ3) is 4.24. The van der Waals surface area contributed by atoms with Crippen molar-refractivity contribution in [1.29, 1.82) is 0 Å². The molecule has 1 N–H and O–H groups in total. The van der Waals surface area contributed by atoms with Gasteiger partial charge in [-0.1, -0.05) is 0 Å². The first kappa shape index (κ1) is 19.7. The number of anilines is 1. The molecule has 1 saturated heterocycles. The van der Waals surface area contributed by atoms with Crippen molar-refractivity contribution in [3.8, 4) is 11.5 Å². The van der Waals surface area contributed by atoms with Gasteiger partial charge in [0.1, 0.15) is 0 Å². The molecule has 28 heavy (non-hydrogen) atoms. The highest BCUT2D eigenvalue weighted by Crippen LogP contribution is 2.34. The maximum atomic E-state index is 13.0. The van der Waals surface area contributed by atoms with E-state index in [4.69, 9.17) is 9.47 Å². The number of methoxy groups -OCH3 is 2. The van der Waals surface area contributed by atoms with Crippen molar-refractivity contribution >= 4 is 17.5 Å². The molecule has 7 nitrogen and oxygen atoms in total. The molecule has 1 aliphatic heterocycles. The molecule has 148 valence electrons. The van der Waals surface area contributed by atoms with Crippen molar-refractivity contribution in [3.63, 3.8) is 0 Å². The van der Waals surface area contributed by atoms with E-state index in [2.05, 4.69) is 10.3 Å². The van der Waals surface area contributed by atoms with Gasteiger partial charge in [-0.2, -0.15) is 0 Å². The molecule has 7 heteroatoms. The van der Waals surface area contributed by atoms with Gasteiger partial charge in [-0.3, -0.25) is 14.6 Å². The minimum Gasteiger partial charge on any atom is -0.493 e. The van der Waals surface area contributed by atoms with Crippen molar-refractivity contribution in [3.05, 3.63) is 47.3 Å². The minimum absolute atomic E-state index is 0.119. The summed E-state index contributed by atoms with van der Waals surface area (Å²) in [6.45, 7) is 3.37. The van der Waals surface area contributed by atoms with Gasteiger partial charge in [0.2, 0.25) is 5.91 Å². The molecule has 2 heterocycles. The second-order valence-electron chi connectivity index (χ2n) is 6.78. The molecule has 0 radical (unpaired) electrons. The van der Waals surface area contributed by atoms with Crippen LogP contribution in [-0.4, -0.2) is 49.0 Å². The Morgan fingerprint density at radius 1 is 1.14 bits per heavy atom. The van der Waals surface area contributed by atoms with E-state index in [-0.39, 0.29) is 18.2 Å². The first-order chi connectivity index (χ1) is 13.5. The van der Waals surface area contributed by atoms with Gasteiger partial charge < -0.3 is 19.7 Å². The fourth-order valence-electron chi connectivity index (χ4n) is 3.30. The Morgan fingerprint density at radius 3 is 2.46 bits per heavy atom. The molecule has 1 aliphatic rings. The molecule has 0 atom stereocenters. The van der Waals surface area contributed by atoms with Crippen LogP contribution in [0.4, 0.5) is 5.69 Å². The van der Waals surface area contributed by atoms with Crippen LogP contribution in [0.15, 0.2) is 30.6 Å². The quantitative estimate of drug-likeness (QED) is 0.830. The highest BCUT2D eigenvalue weighted by Gasteiger charge is 2.25. The molecule has 0 unspecified atom stereocenters. The number of aromatic nitrogens is 1. The highest BCUT2D eigenvalue weighted by molar-refractivity contribution is 6.05. The van der Waals surface area contributed by atoms with Crippen LogP contribution in [0.25, 0.3) is 0 Å². The molecule has 1 aromatic carbocycles. The zero-order valence-electron chi connectivity index (χ0n) is 16.4. The van der Waals surface area contributed by atoms with Crippen LogP contribution < -0.4 is 14.8 Å². The first-order valence-electron chi connectivity index (χ1n) is 9.28. The van der Waals surface area contributed by atoms with Crippen LogP contribution >= 0.6 is 0 Å². The van der Waals surface area contributed by atoms with Gasteiger partial charge >= 0.3 is 0 Å². The van der Waals surface area contributed by atoms with E-state index in [1.807, 2.05) is 13.0 Å². The molecule has 0 aliphatic carbocycles. The third-order valence-corrected chi connectivity index (χ3v) is 4.92. The van der Waals surface area contributed by atoms with E-state index in [0.29, 0.717) is 22.7 Å². The zero-order valence-corrected chi connectivity index (χ0v) is 16.4. The summed E-state index contributed by atoms with van der Waals surface area (Å²) in [5, 5.41) is 2.87. The number of pyridine rings is 1. The molecule has 0 spiro atoms. The standard InChI is InChI=1S/C21H25N3O4/c1-14-6-7-22-13-15(14)10-20(25)23-17-12-19(28-3)18(27-2)11-16(17)21(26)24-8-4-5-9-24/h6-7,11-13H,4-5,8-10H2,1-3H3,(H,23,25). The lowest BCUT2D eigenvalue weighted by molar-refractivity contribution is -0.115. The second kappa shape index (κ2) is 8.73. The Labute approximate surface area is 164 Å². The van der Waals surface area contributed by atoms with Gasteiger partial charge in [0.25, 0.3) is 5.91 Å². The largest absolute Gasteiger partial charge is 0.493 e. The monoisotopic (exact) mass is 383 g/mol. The number of aryl methyl sites for hydroxylation is 1. The van der Waals surface area contributed by atoms with Gasteiger partial charge in [0.05, 0.1) is 31.9 Å². The summed E-state index contributed by atoms with van der Waals surface area (Å²) in [6.07, 6.45) is 5.52. The number of carbonyl (C=O) groups is 2. The van der Waals surface area contributed by atoms with E-state index in [9.17, 15) is 9.59 Å². The number of hydrogen-bond donors (Lipinski definition) is 1. The summed E-state index contributed by atoms with van der Waals surface area (Å²) in [6, 6.07) is 5.13. The molecule has 3 rings (SSSR count). The molecule has 0 saturated carbocycles.